The van der Waals surface area contributed by atoms with Gasteiger partial charge in [0.15, 0.2) is 6.29 Å². The lowest BCUT2D eigenvalue weighted by molar-refractivity contribution is -0.253. The Labute approximate surface area is 104 Å². The Balaban J connectivity index is 2.63. The molecule has 0 aromatic rings. The number of hydrogen-bond donors (Lipinski definition) is 6. The zero-order valence-electron chi connectivity index (χ0n) is 9.06. The van der Waals surface area contributed by atoms with Crippen LogP contribution >= 0.6 is 12.6 Å². The van der Waals surface area contributed by atoms with E-state index < -0.39 is 43.2 Å². The number of nitrogens with one attached hydrogen (secondary N) is 1. The number of rotatable bonds is 4. The van der Waals surface area contributed by atoms with Gasteiger partial charge in [0, 0.05) is 6.42 Å². The van der Waals surface area contributed by atoms with E-state index >= 15 is 0 Å². The predicted molar refractivity (Wildman–Crippen MR) is 60.4 cm³/mol. The molecule has 17 heavy (non-hydrogen) atoms. The Morgan fingerprint density at radius 3 is 2.47 bits per heavy atom. The van der Waals surface area contributed by atoms with Gasteiger partial charge in [-0.2, -0.15) is 12.6 Å². The van der Waals surface area contributed by atoms with E-state index in [2.05, 4.69) is 17.9 Å². The van der Waals surface area contributed by atoms with E-state index in [1.165, 1.54) is 0 Å². The lowest BCUT2D eigenvalue weighted by Gasteiger charge is -2.40. The van der Waals surface area contributed by atoms with Gasteiger partial charge in [0.25, 0.3) is 0 Å². The van der Waals surface area contributed by atoms with Crippen molar-refractivity contribution in [3.63, 3.8) is 0 Å². The Kier molecular flexibility index (Phi) is 5.63. The molecule has 0 aromatic heterocycles. The first kappa shape index (κ1) is 14.7. The summed E-state index contributed by atoms with van der Waals surface area (Å²) in [5.74, 6) is -0.0886. The van der Waals surface area contributed by atoms with Crippen LogP contribution in [0.25, 0.3) is 0 Å². The van der Waals surface area contributed by atoms with E-state index in [-0.39, 0.29) is 6.42 Å². The number of ether oxygens (including phenoxy) is 1. The maximum Gasteiger partial charge on any atom is 0.221 e. The zero-order chi connectivity index (χ0) is 13.0. The Bertz CT molecular complexity index is 266. The van der Waals surface area contributed by atoms with Crippen LogP contribution in [0.15, 0.2) is 0 Å². The normalized spacial score (nSPS) is 37.8. The molecule has 1 amide bonds. The highest BCUT2D eigenvalue weighted by atomic mass is 32.1. The lowest BCUT2D eigenvalue weighted by Crippen LogP contribution is -2.64. The fraction of sp³-hybridized carbons (Fsp3) is 0.889. The molecule has 8 heteroatoms. The molecule has 5 N–H and O–H groups in total. The molecule has 1 saturated heterocycles. The highest BCUT2D eigenvalue weighted by molar-refractivity contribution is 7.80. The van der Waals surface area contributed by atoms with Crippen LogP contribution in [0.2, 0.25) is 0 Å². The molecule has 1 aliphatic heterocycles. The second-order valence-electron chi connectivity index (χ2n) is 3.80. The van der Waals surface area contributed by atoms with Crippen molar-refractivity contribution >= 4 is 18.5 Å². The van der Waals surface area contributed by atoms with Gasteiger partial charge in [-0.15, -0.1) is 0 Å². The molecule has 1 rings (SSSR count). The van der Waals surface area contributed by atoms with Crippen LogP contribution in [-0.4, -0.2) is 69.3 Å². The summed E-state index contributed by atoms with van der Waals surface area (Å²) in [6.07, 6.45) is -5.20. The quantitative estimate of drug-likeness (QED) is 0.307. The number of aliphatic hydroxyl groups excluding tert-OH is 4. The highest BCUT2D eigenvalue weighted by Crippen LogP contribution is 2.19. The van der Waals surface area contributed by atoms with Crippen molar-refractivity contribution in [3.8, 4) is 0 Å². The van der Waals surface area contributed by atoms with Crippen molar-refractivity contribution in [3.05, 3.63) is 0 Å². The van der Waals surface area contributed by atoms with Gasteiger partial charge in [-0.1, -0.05) is 0 Å². The van der Waals surface area contributed by atoms with E-state index in [4.69, 9.17) is 9.84 Å². The molecule has 2 unspecified atom stereocenters. The average Bonchev–Trinajstić information content (AvgIpc) is 2.29. The second-order valence-corrected chi connectivity index (χ2v) is 4.24. The molecule has 0 bridgehead atoms. The maximum absolute atomic E-state index is 11.3. The zero-order valence-corrected chi connectivity index (χ0v) is 9.96. The SMILES string of the molecule is O=C(CCS)NC1[C@H](O)OC(CO)[C@@H](O)[C@@H]1O. The van der Waals surface area contributed by atoms with E-state index in [9.17, 15) is 20.1 Å². The molecule has 0 saturated carbocycles. The Morgan fingerprint density at radius 1 is 1.29 bits per heavy atom. The molecule has 1 aliphatic rings. The van der Waals surface area contributed by atoms with E-state index in [0.29, 0.717) is 5.75 Å². The monoisotopic (exact) mass is 267 g/mol. The maximum atomic E-state index is 11.3. The van der Waals surface area contributed by atoms with Crippen LogP contribution in [0.3, 0.4) is 0 Å². The van der Waals surface area contributed by atoms with Gasteiger partial charge in [-0.25, -0.2) is 0 Å². The standard InChI is InChI=1S/C9H17NO6S/c11-3-4-7(13)8(14)6(9(15)16-4)10-5(12)1-2-17/h4,6-9,11,13-15,17H,1-3H2,(H,10,12)/t4?,6?,7-,8-,9-/m1/s1. The van der Waals surface area contributed by atoms with Crippen LogP contribution in [0.1, 0.15) is 6.42 Å². The van der Waals surface area contributed by atoms with E-state index in [1.807, 2.05) is 0 Å². The molecule has 0 radical (unpaired) electrons. The average molecular weight is 267 g/mol. The summed E-state index contributed by atoms with van der Waals surface area (Å²) >= 11 is 3.87. The van der Waals surface area contributed by atoms with Gasteiger partial charge >= 0.3 is 0 Å². The van der Waals surface area contributed by atoms with Gasteiger partial charge in [-0.3, -0.25) is 4.79 Å². The Hall–Kier alpha value is -0.380. The van der Waals surface area contributed by atoms with Crippen molar-refractivity contribution < 1.29 is 30.0 Å². The second kappa shape index (κ2) is 6.53. The summed E-state index contributed by atoms with van der Waals surface area (Å²) in [6, 6.07) is -1.12. The summed E-state index contributed by atoms with van der Waals surface area (Å²) in [5.41, 5.74) is 0. The molecule has 7 nitrogen and oxygen atoms in total. The van der Waals surface area contributed by atoms with Crippen molar-refractivity contribution in [2.75, 3.05) is 12.4 Å². The molecule has 0 aromatic carbocycles. The van der Waals surface area contributed by atoms with Crippen LogP contribution in [0.4, 0.5) is 0 Å². The minimum atomic E-state index is -1.48. The molecular formula is C9H17NO6S. The lowest BCUT2D eigenvalue weighted by atomic mass is 9.97. The predicted octanol–water partition coefficient (Wildman–Crippen LogP) is -2.78. The van der Waals surface area contributed by atoms with Crippen molar-refractivity contribution in [2.45, 2.75) is 37.1 Å². The van der Waals surface area contributed by atoms with Crippen LogP contribution in [-0.2, 0) is 9.53 Å². The molecule has 0 spiro atoms. The number of aliphatic hydroxyl groups is 4. The summed E-state index contributed by atoms with van der Waals surface area (Å²) in [5, 5.41) is 40.0. The topological polar surface area (TPSA) is 119 Å². The summed E-state index contributed by atoms with van der Waals surface area (Å²) in [4.78, 5) is 11.3. The number of carbonyl (C=O) groups is 1. The van der Waals surface area contributed by atoms with E-state index in [1.54, 1.807) is 0 Å². The number of carbonyl (C=O) groups excluding carboxylic acids is 1. The minimum absolute atomic E-state index is 0.124. The first-order valence-corrected chi connectivity index (χ1v) is 5.85. The number of hydrogen-bond acceptors (Lipinski definition) is 7. The van der Waals surface area contributed by atoms with Gasteiger partial charge in [0.2, 0.25) is 5.91 Å². The third kappa shape index (κ3) is 3.54. The molecule has 1 heterocycles. The summed E-state index contributed by atoms with van der Waals surface area (Å²) < 4.78 is 4.87. The molecular weight excluding hydrogens is 250 g/mol. The first-order valence-electron chi connectivity index (χ1n) is 5.22. The van der Waals surface area contributed by atoms with Gasteiger partial charge in [0.1, 0.15) is 24.4 Å². The molecule has 0 aliphatic carbocycles. The van der Waals surface area contributed by atoms with Gasteiger partial charge in [0.05, 0.1) is 6.61 Å². The first-order chi connectivity index (χ1) is 8.01. The number of amides is 1. The third-order valence-electron chi connectivity index (χ3n) is 2.57. The van der Waals surface area contributed by atoms with Crippen LogP contribution in [0.5, 0.6) is 0 Å². The fourth-order valence-electron chi connectivity index (χ4n) is 1.61. The molecule has 100 valence electrons. The third-order valence-corrected chi connectivity index (χ3v) is 2.79. The minimum Gasteiger partial charge on any atom is -0.394 e. The summed E-state index contributed by atoms with van der Waals surface area (Å²) in [7, 11) is 0. The Morgan fingerprint density at radius 2 is 1.94 bits per heavy atom. The smallest absolute Gasteiger partial charge is 0.221 e. The van der Waals surface area contributed by atoms with Crippen molar-refractivity contribution in [1.29, 1.82) is 0 Å². The van der Waals surface area contributed by atoms with Crippen molar-refractivity contribution in [1.82, 2.24) is 5.32 Å². The van der Waals surface area contributed by atoms with E-state index in [0.717, 1.165) is 0 Å². The molecule has 1 fully saturated rings. The fourth-order valence-corrected chi connectivity index (χ4v) is 1.82. The molecule has 5 atom stereocenters. The van der Waals surface area contributed by atoms with Gasteiger partial charge in [-0.05, 0) is 5.75 Å². The van der Waals surface area contributed by atoms with Crippen LogP contribution in [0, 0.1) is 0 Å². The largest absolute Gasteiger partial charge is 0.394 e. The highest BCUT2D eigenvalue weighted by Gasteiger charge is 2.44. The van der Waals surface area contributed by atoms with Crippen LogP contribution < -0.4 is 5.32 Å². The van der Waals surface area contributed by atoms with Gasteiger partial charge < -0.3 is 30.5 Å². The summed E-state index contributed by atoms with van der Waals surface area (Å²) in [6.45, 7) is -0.535. The number of thiol groups is 1. The van der Waals surface area contributed by atoms with Crippen molar-refractivity contribution in [2.24, 2.45) is 0 Å².